The summed E-state index contributed by atoms with van der Waals surface area (Å²) in [5, 5.41) is 8.86. The van der Waals surface area contributed by atoms with Gasteiger partial charge >= 0.3 is 5.97 Å². The third-order valence-electron chi connectivity index (χ3n) is 4.64. The zero-order valence-electron chi connectivity index (χ0n) is 10.4. The minimum absolute atomic E-state index is 0.188. The number of carboxylic acids is 1. The highest BCUT2D eigenvalue weighted by Gasteiger charge is 2.51. The molecule has 0 radical (unpaired) electrons. The lowest BCUT2D eigenvalue weighted by Crippen LogP contribution is -2.68. The average Bonchev–Trinajstić information content (AvgIpc) is 2.26. The molecular weight excluding hydrogens is 216 g/mol. The van der Waals surface area contributed by atoms with E-state index in [1.807, 2.05) is 6.08 Å². The minimum Gasteiger partial charge on any atom is -0.481 e. The number of rotatable bonds is 3. The van der Waals surface area contributed by atoms with Gasteiger partial charge in [-0.05, 0) is 6.42 Å². The van der Waals surface area contributed by atoms with E-state index in [9.17, 15) is 4.79 Å². The SMILES string of the molecule is CCC12CN3CC(CN(C3)C1)/C2=C\CC(=O)O. The molecule has 4 aliphatic heterocycles. The normalized spacial score (nSPS) is 45.5. The molecule has 4 heterocycles. The van der Waals surface area contributed by atoms with Crippen molar-refractivity contribution in [2.24, 2.45) is 11.3 Å². The molecule has 0 aromatic carbocycles. The quantitative estimate of drug-likeness (QED) is 0.743. The summed E-state index contributed by atoms with van der Waals surface area (Å²) in [6.07, 6.45) is 3.33. The van der Waals surface area contributed by atoms with Gasteiger partial charge in [-0.2, -0.15) is 0 Å². The van der Waals surface area contributed by atoms with Crippen molar-refractivity contribution in [3.63, 3.8) is 0 Å². The lowest BCUT2D eigenvalue weighted by molar-refractivity contribution is -0.136. The fourth-order valence-electron chi connectivity index (χ4n) is 4.04. The molecule has 0 amide bonds. The van der Waals surface area contributed by atoms with Gasteiger partial charge in [-0.1, -0.05) is 18.6 Å². The first-order chi connectivity index (χ1) is 8.13. The number of hydrogen-bond acceptors (Lipinski definition) is 3. The highest BCUT2D eigenvalue weighted by Crippen LogP contribution is 2.48. The molecule has 4 nitrogen and oxygen atoms in total. The van der Waals surface area contributed by atoms with E-state index < -0.39 is 5.97 Å². The molecule has 4 fully saturated rings. The Labute approximate surface area is 102 Å². The van der Waals surface area contributed by atoms with Crippen LogP contribution in [0.3, 0.4) is 0 Å². The molecule has 4 saturated heterocycles. The largest absolute Gasteiger partial charge is 0.481 e. The van der Waals surface area contributed by atoms with E-state index in [4.69, 9.17) is 5.11 Å². The lowest BCUT2D eigenvalue weighted by Gasteiger charge is -2.61. The summed E-state index contributed by atoms with van der Waals surface area (Å²) in [5.74, 6) is -0.135. The highest BCUT2D eigenvalue weighted by atomic mass is 16.4. The lowest BCUT2D eigenvalue weighted by atomic mass is 9.64. The first kappa shape index (κ1) is 11.2. The van der Waals surface area contributed by atoms with Crippen molar-refractivity contribution in [2.45, 2.75) is 19.8 Å². The van der Waals surface area contributed by atoms with E-state index in [1.54, 1.807) is 0 Å². The Morgan fingerprint density at radius 3 is 2.65 bits per heavy atom. The Morgan fingerprint density at radius 1 is 1.47 bits per heavy atom. The van der Waals surface area contributed by atoms with Crippen molar-refractivity contribution in [2.75, 3.05) is 32.8 Å². The topological polar surface area (TPSA) is 43.8 Å². The molecule has 0 saturated carbocycles. The molecule has 4 heteroatoms. The van der Waals surface area contributed by atoms with Crippen LogP contribution in [0.4, 0.5) is 0 Å². The van der Waals surface area contributed by atoms with E-state index in [-0.39, 0.29) is 11.8 Å². The van der Waals surface area contributed by atoms with Gasteiger partial charge in [0.25, 0.3) is 0 Å². The van der Waals surface area contributed by atoms with Crippen molar-refractivity contribution >= 4 is 5.97 Å². The maximum Gasteiger partial charge on any atom is 0.307 e. The number of nitrogens with zero attached hydrogens (tertiary/aromatic N) is 2. The van der Waals surface area contributed by atoms with Crippen LogP contribution in [0.15, 0.2) is 11.6 Å². The van der Waals surface area contributed by atoms with Crippen LogP contribution in [-0.4, -0.2) is 53.7 Å². The maximum absolute atomic E-state index is 10.8. The van der Waals surface area contributed by atoms with Crippen LogP contribution in [0, 0.1) is 11.3 Å². The van der Waals surface area contributed by atoms with E-state index >= 15 is 0 Å². The van der Waals surface area contributed by atoms with Crippen molar-refractivity contribution in [1.29, 1.82) is 0 Å². The molecule has 4 aliphatic rings. The fourth-order valence-corrected chi connectivity index (χ4v) is 4.04. The van der Waals surface area contributed by atoms with Gasteiger partial charge < -0.3 is 5.11 Å². The van der Waals surface area contributed by atoms with E-state index in [2.05, 4.69) is 16.7 Å². The van der Waals surface area contributed by atoms with Gasteiger partial charge in [0.15, 0.2) is 0 Å². The van der Waals surface area contributed by atoms with Gasteiger partial charge in [-0.25, -0.2) is 0 Å². The molecule has 4 rings (SSSR count). The van der Waals surface area contributed by atoms with Crippen LogP contribution in [0.5, 0.6) is 0 Å². The number of carboxylic acid groups (broad SMARTS) is 1. The summed E-state index contributed by atoms with van der Waals surface area (Å²) in [4.78, 5) is 15.8. The Morgan fingerprint density at radius 2 is 2.12 bits per heavy atom. The van der Waals surface area contributed by atoms with Gasteiger partial charge in [-0.3, -0.25) is 14.6 Å². The first-order valence-electron chi connectivity index (χ1n) is 6.50. The molecule has 4 bridgehead atoms. The Kier molecular flexibility index (Phi) is 2.52. The predicted molar refractivity (Wildman–Crippen MR) is 64.6 cm³/mol. The highest BCUT2D eigenvalue weighted by molar-refractivity contribution is 5.69. The van der Waals surface area contributed by atoms with Crippen LogP contribution in [-0.2, 0) is 4.79 Å². The third-order valence-corrected chi connectivity index (χ3v) is 4.64. The monoisotopic (exact) mass is 236 g/mol. The van der Waals surface area contributed by atoms with E-state index in [0.29, 0.717) is 5.92 Å². The van der Waals surface area contributed by atoms with Crippen molar-refractivity contribution in [3.8, 4) is 0 Å². The summed E-state index contributed by atoms with van der Waals surface area (Å²) in [6, 6.07) is 0. The molecule has 94 valence electrons. The molecular formula is C13H20N2O2. The number of piperidine rings is 2. The summed E-state index contributed by atoms with van der Waals surface area (Å²) in [6.45, 7) is 7.87. The van der Waals surface area contributed by atoms with Gasteiger partial charge in [0.2, 0.25) is 0 Å². The molecule has 2 unspecified atom stereocenters. The van der Waals surface area contributed by atoms with Gasteiger partial charge in [0.05, 0.1) is 13.1 Å². The maximum atomic E-state index is 10.8. The summed E-state index contributed by atoms with van der Waals surface area (Å²) < 4.78 is 0. The van der Waals surface area contributed by atoms with Gasteiger partial charge in [-0.15, -0.1) is 0 Å². The van der Waals surface area contributed by atoms with Crippen LogP contribution in [0.2, 0.25) is 0 Å². The van der Waals surface area contributed by atoms with Crippen LogP contribution < -0.4 is 0 Å². The van der Waals surface area contributed by atoms with E-state index in [1.165, 1.54) is 5.57 Å². The summed E-state index contributed by atoms with van der Waals surface area (Å²) in [5.41, 5.74) is 1.68. The first-order valence-corrected chi connectivity index (χ1v) is 6.50. The molecule has 17 heavy (non-hydrogen) atoms. The second-order valence-electron chi connectivity index (χ2n) is 5.75. The summed E-state index contributed by atoms with van der Waals surface area (Å²) >= 11 is 0. The zero-order valence-corrected chi connectivity index (χ0v) is 10.4. The minimum atomic E-state index is -0.710. The average molecular weight is 236 g/mol. The van der Waals surface area contributed by atoms with Crippen LogP contribution in [0.25, 0.3) is 0 Å². The standard InChI is InChI=1S/C13H20N2O2/c1-2-13-7-14-5-10(6-15(8-13)9-14)11(13)3-4-12(16)17/h3,10H,2,4-9H2,1H3,(H,16,17)/b11-3+. The Bertz CT molecular complexity index is 364. The van der Waals surface area contributed by atoms with Gasteiger partial charge in [0, 0.05) is 37.5 Å². The second-order valence-corrected chi connectivity index (χ2v) is 5.75. The Hall–Kier alpha value is -0.870. The molecule has 0 spiro atoms. The van der Waals surface area contributed by atoms with E-state index in [0.717, 1.165) is 39.3 Å². The third kappa shape index (κ3) is 1.70. The molecule has 0 aromatic heterocycles. The van der Waals surface area contributed by atoms with Crippen LogP contribution >= 0.6 is 0 Å². The number of hydrogen-bond donors (Lipinski definition) is 1. The molecule has 0 aliphatic carbocycles. The predicted octanol–water partition coefficient (Wildman–Crippen LogP) is 1.00. The van der Waals surface area contributed by atoms with Crippen molar-refractivity contribution < 1.29 is 9.90 Å². The molecule has 1 N–H and O–H groups in total. The zero-order chi connectivity index (χ0) is 12.0. The van der Waals surface area contributed by atoms with Crippen LogP contribution in [0.1, 0.15) is 19.8 Å². The smallest absolute Gasteiger partial charge is 0.307 e. The van der Waals surface area contributed by atoms with Gasteiger partial charge in [0.1, 0.15) is 0 Å². The Balaban J connectivity index is 1.91. The molecule has 2 atom stereocenters. The fraction of sp³-hybridized carbons (Fsp3) is 0.769. The molecule has 0 aromatic rings. The number of carbonyl (C=O) groups is 1. The van der Waals surface area contributed by atoms with Crippen molar-refractivity contribution in [3.05, 3.63) is 11.6 Å². The number of aliphatic carboxylic acids is 1. The van der Waals surface area contributed by atoms with Crippen molar-refractivity contribution in [1.82, 2.24) is 9.80 Å². The summed E-state index contributed by atoms with van der Waals surface area (Å²) in [7, 11) is 0. The second kappa shape index (κ2) is 3.82.